The second-order valence-electron chi connectivity index (χ2n) is 23.8. The average molecular weight is 1180 g/mol. The average Bonchev–Trinajstić information content (AvgIpc) is 4.44. The van der Waals surface area contributed by atoms with Gasteiger partial charge in [-0.3, -0.25) is 30.6 Å². The van der Waals surface area contributed by atoms with Gasteiger partial charge in [0.25, 0.3) is 0 Å². The van der Waals surface area contributed by atoms with E-state index in [1.807, 2.05) is 51.8 Å². The van der Waals surface area contributed by atoms with Crippen molar-refractivity contribution in [2.75, 3.05) is 72.1 Å². The van der Waals surface area contributed by atoms with Crippen LogP contribution in [0.4, 0.5) is 11.6 Å². The number of hydrogen-bond donors (Lipinski definition) is 4. The Morgan fingerprint density at radius 1 is 0.550 bits per heavy atom. The van der Waals surface area contributed by atoms with Crippen LogP contribution >= 0.6 is 28.3 Å². The molecule has 3 aromatic heterocycles. The van der Waals surface area contributed by atoms with Crippen molar-refractivity contribution in [3.8, 4) is 0 Å². The molecule has 20 rings (SSSR count). The van der Waals surface area contributed by atoms with Crippen LogP contribution in [0.3, 0.4) is 0 Å². The second-order valence-corrected chi connectivity index (χ2v) is 24.6. The number of halogens is 2. The van der Waals surface area contributed by atoms with Crippen LogP contribution in [0.15, 0.2) is 92.5 Å². The van der Waals surface area contributed by atoms with Crippen LogP contribution in [-0.2, 0) is 24.0 Å². The number of aliphatic imine (C=N–C) groups is 2. The molecule has 14 aliphatic rings. The zero-order valence-electron chi connectivity index (χ0n) is 45.5. The Morgan fingerprint density at radius 3 is 1.55 bits per heavy atom. The third kappa shape index (κ3) is 10.5. The molecule has 22 heteroatoms. The standard InChI is InChI=1S/C21H27N5O2.C16H19N5O.C12H13BrN2O.C9H15N3O.ClH/c1-2-6-17-16(5-1)20(23-26(17)19-7-3-4-12-27-19)22-18-13-21(28-24-18)14-25-10-8-15(21)9-11-25;1-2-4-13-12(3-1)15(19-18-13)17-14-9-16(22-20-14)10-21-7-5-11(16)6-8-21;13-12-9-5-1-2-6-10(9)15(14-12)11-7-3-4-8-16-11;10-8-5-9(13-11-8)6-12-3-1-7(9)2-4-12;/h1-2,5-6,15,19H,3-4,7-14H2,(H,22,23,24);1-4,11H,5-10H2,(H2,17,18,19,20);1-2,5-6,11H,3-4,7-8H2;7H,1-6H2,(H2,10,11);1H. The number of H-pyrrole nitrogens is 1. The van der Waals surface area contributed by atoms with Gasteiger partial charge in [0.05, 0.1) is 23.0 Å². The maximum Gasteiger partial charge on any atom is 0.183 e. The van der Waals surface area contributed by atoms with E-state index in [2.05, 4.69) is 92.4 Å². The predicted octanol–water partition coefficient (Wildman–Crippen LogP) is 9.20. The Labute approximate surface area is 481 Å². The Bertz CT molecular complexity index is 3240. The van der Waals surface area contributed by atoms with Crippen LogP contribution < -0.4 is 16.7 Å². The van der Waals surface area contributed by atoms with Crippen molar-refractivity contribution >= 4 is 90.2 Å². The Morgan fingerprint density at radius 2 is 1.04 bits per heavy atom. The lowest BCUT2D eigenvalue weighted by Crippen LogP contribution is -2.59. The molecule has 0 aliphatic carbocycles. The number of rotatable bonds is 4. The number of nitrogens with one attached hydrogen (secondary N) is 3. The molecule has 6 aromatic rings. The lowest BCUT2D eigenvalue weighted by atomic mass is 9.74. The second kappa shape index (κ2) is 22.8. The Hall–Kier alpha value is -5.23. The SMILES string of the molecule is Brc1nn(C2CCCCO2)c2ccccc12.Cl.NC1=NOC2(C1)CN1CCC2CC1.c1ccc2c(N=C3CC4(CN5CCC4CC5)ON3)n[nH]c2c1.c1ccc2c(c1)c(N=C1CC3(CN4CCC3CC4)ON1)nn2C1CCCCO1. The number of nitrogens with two attached hydrogens (primary N) is 1. The number of ether oxygens (including phenoxy) is 2. The third-order valence-corrected chi connectivity index (χ3v) is 19.5. The minimum atomic E-state index is -0.111. The summed E-state index contributed by atoms with van der Waals surface area (Å²) in [6, 6.07) is 24.6. The van der Waals surface area contributed by atoms with E-state index in [9.17, 15) is 0 Å². The summed E-state index contributed by atoms with van der Waals surface area (Å²) in [4.78, 5) is 34.8. The zero-order valence-corrected chi connectivity index (χ0v) is 47.9. The number of oxime groups is 1. The topological polar surface area (TPSA) is 207 Å². The summed E-state index contributed by atoms with van der Waals surface area (Å²) in [7, 11) is 0. The molecule has 80 heavy (non-hydrogen) atoms. The molecule has 3 aromatic carbocycles. The molecule has 17 heterocycles. The largest absolute Gasteiger partial charge is 0.386 e. The molecule has 0 amide bonds. The van der Waals surface area contributed by atoms with Crippen LogP contribution in [0.2, 0.25) is 0 Å². The summed E-state index contributed by atoms with van der Waals surface area (Å²) < 4.78 is 16.7. The number of piperidine rings is 9. The number of amidine groups is 3. The number of fused-ring (bicyclic) bond motifs is 9. The Kier molecular flexibility index (Phi) is 15.4. The van der Waals surface area contributed by atoms with Crippen LogP contribution in [0.5, 0.6) is 0 Å². The van der Waals surface area contributed by atoms with Crippen molar-refractivity contribution in [1.29, 1.82) is 0 Å². The summed E-state index contributed by atoms with van der Waals surface area (Å²) in [5.41, 5.74) is 14.9. The molecule has 14 aliphatic heterocycles. The normalized spacial score (nSPS) is 34.6. The maximum absolute atomic E-state index is 6.15. The fraction of sp³-hybridized carbons (Fsp3) is 0.586. The highest BCUT2D eigenvalue weighted by molar-refractivity contribution is 9.10. The van der Waals surface area contributed by atoms with Gasteiger partial charge in [0.2, 0.25) is 0 Å². The third-order valence-electron chi connectivity index (χ3n) is 18.9. The fourth-order valence-corrected chi connectivity index (χ4v) is 15.3. The van der Waals surface area contributed by atoms with Crippen molar-refractivity contribution in [2.24, 2.45) is 38.6 Å². The highest BCUT2D eigenvalue weighted by atomic mass is 79.9. The van der Waals surface area contributed by atoms with Crippen LogP contribution in [0.25, 0.3) is 32.7 Å². The van der Waals surface area contributed by atoms with Gasteiger partial charge in [-0.25, -0.2) is 19.3 Å². The van der Waals surface area contributed by atoms with E-state index in [1.165, 1.54) is 90.6 Å². The number of hydrogen-bond acceptors (Lipinski definition) is 15. The van der Waals surface area contributed by atoms with Crippen molar-refractivity contribution in [1.82, 2.24) is 55.4 Å². The lowest BCUT2D eigenvalue weighted by molar-refractivity contribution is -0.150. The smallest absolute Gasteiger partial charge is 0.183 e. The molecule has 13 saturated heterocycles. The summed E-state index contributed by atoms with van der Waals surface area (Å²) in [6.45, 7) is 12.0. The molecule has 5 unspecified atom stereocenters. The van der Waals surface area contributed by atoms with Gasteiger partial charge in [0.15, 0.2) is 29.7 Å². The maximum atomic E-state index is 6.15. The number of benzene rings is 3. The number of aromatic amines is 1. The van der Waals surface area contributed by atoms with E-state index in [-0.39, 0.29) is 41.7 Å². The van der Waals surface area contributed by atoms with E-state index < -0.39 is 0 Å². The number of aromatic nitrogens is 6. The molecule has 6 bridgehead atoms. The first-order valence-electron chi connectivity index (χ1n) is 29.2. The molecule has 13 fully saturated rings. The lowest BCUT2D eigenvalue weighted by Gasteiger charge is -2.49. The molecule has 5 atom stereocenters. The number of hydroxylamine groups is 2. The van der Waals surface area contributed by atoms with Crippen LogP contribution in [0.1, 0.15) is 109 Å². The first-order chi connectivity index (χ1) is 38.8. The molecule has 0 saturated carbocycles. The molecule has 3 spiro atoms. The predicted molar refractivity (Wildman–Crippen MR) is 313 cm³/mol. The van der Waals surface area contributed by atoms with Gasteiger partial charge in [-0.1, -0.05) is 47.6 Å². The Balaban J connectivity index is 0.000000104. The first-order valence-corrected chi connectivity index (χ1v) is 30.0. The number of para-hydroxylation sites is 3. The van der Waals surface area contributed by atoms with E-state index in [0.717, 1.165) is 138 Å². The van der Waals surface area contributed by atoms with E-state index in [1.54, 1.807) is 0 Å². The number of nitrogens with zero attached hydrogens (tertiary/aromatic N) is 11. The van der Waals surface area contributed by atoms with Crippen molar-refractivity contribution in [2.45, 2.75) is 126 Å². The highest BCUT2D eigenvalue weighted by Crippen LogP contribution is 2.46. The van der Waals surface area contributed by atoms with Crippen LogP contribution in [-0.4, -0.2) is 151 Å². The minimum absolute atomic E-state index is 0. The highest BCUT2D eigenvalue weighted by Gasteiger charge is 2.54. The van der Waals surface area contributed by atoms with Crippen molar-refractivity contribution in [3.05, 3.63) is 77.4 Å². The summed E-state index contributed by atoms with van der Waals surface area (Å²) >= 11 is 3.50. The molecule has 20 nitrogen and oxygen atoms in total. The van der Waals surface area contributed by atoms with Crippen LogP contribution in [0, 0.1) is 17.8 Å². The quantitative estimate of drug-likeness (QED) is 0.130. The minimum Gasteiger partial charge on any atom is -0.386 e. The van der Waals surface area contributed by atoms with Gasteiger partial charge in [-0.05, 0) is 174 Å². The molecular weight excluding hydrogens is 1100 g/mol. The van der Waals surface area contributed by atoms with Gasteiger partial charge in [-0.2, -0.15) is 10.2 Å². The summed E-state index contributed by atoms with van der Waals surface area (Å²) in [5.74, 6) is 5.92. The summed E-state index contributed by atoms with van der Waals surface area (Å²) in [6.07, 6.45) is 16.8. The van der Waals surface area contributed by atoms with Gasteiger partial charge >= 0.3 is 0 Å². The van der Waals surface area contributed by atoms with E-state index >= 15 is 0 Å². The fourth-order valence-electron chi connectivity index (χ4n) is 14.8. The van der Waals surface area contributed by atoms with Gasteiger partial charge in [0, 0.05) is 67.8 Å². The van der Waals surface area contributed by atoms with Crippen molar-refractivity contribution in [3.63, 3.8) is 0 Å². The van der Waals surface area contributed by atoms with Crippen molar-refractivity contribution < 1.29 is 24.0 Å². The molecule has 5 N–H and O–H groups in total. The van der Waals surface area contributed by atoms with Gasteiger partial charge in [0.1, 0.15) is 33.3 Å². The molecule has 0 radical (unpaired) electrons. The van der Waals surface area contributed by atoms with E-state index in [4.69, 9.17) is 44.8 Å². The zero-order chi connectivity index (χ0) is 53.0. The summed E-state index contributed by atoms with van der Waals surface area (Å²) in [5, 5.41) is 23.9. The van der Waals surface area contributed by atoms with E-state index in [0.29, 0.717) is 23.6 Å². The van der Waals surface area contributed by atoms with Gasteiger partial charge in [-0.15, -0.1) is 17.5 Å². The monoisotopic (exact) mass is 1180 g/mol. The van der Waals surface area contributed by atoms with Gasteiger partial charge < -0.3 is 29.8 Å². The molecular formula is C58H75BrClN15O5. The first kappa shape index (κ1) is 54.0. The molecule has 426 valence electrons.